The fourth-order valence-electron chi connectivity index (χ4n) is 3.83. The first-order chi connectivity index (χ1) is 13.2. The number of hydrogen-bond donors (Lipinski definition) is 1. The minimum absolute atomic E-state index is 0.0162. The second-order valence-corrected chi connectivity index (χ2v) is 6.65. The van der Waals surface area contributed by atoms with Crippen LogP contribution in [0, 0.1) is 0 Å². The molecule has 2 aromatic rings. The summed E-state index contributed by atoms with van der Waals surface area (Å²) >= 11 is 0. The Balaban J connectivity index is 2.13. The minimum atomic E-state index is -4.68. The van der Waals surface area contributed by atoms with Gasteiger partial charge in [-0.1, -0.05) is 0 Å². The molecule has 1 unspecified atom stereocenters. The molecule has 28 heavy (non-hydrogen) atoms. The molecule has 0 radical (unpaired) electrons. The summed E-state index contributed by atoms with van der Waals surface area (Å²) in [5.41, 5.74) is -1.30. The molecule has 1 N–H and O–H groups in total. The van der Waals surface area contributed by atoms with Gasteiger partial charge in [-0.3, -0.25) is 14.6 Å². The van der Waals surface area contributed by atoms with Gasteiger partial charge in [0.05, 0.1) is 23.9 Å². The Bertz CT molecular complexity index is 927. The maximum Gasteiger partial charge on any atom is 0.449 e. The van der Waals surface area contributed by atoms with Crippen molar-refractivity contribution in [2.75, 3.05) is 27.3 Å². The van der Waals surface area contributed by atoms with E-state index in [1.54, 1.807) is 0 Å². The smallest absolute Gasteiger partial charge is 0.382 e. The number of ether oxygens (including phenoxy) is 1. The monoisotopic (exact) mass is 399 g/mol. The zero-order chi connectivity index (χ0) is 20.7. The van der Waals surface area contributed by atoms with Crippen LogP contribution in [0.25, 0.3) is 11.0 Å². The van der Waals surface area contributed by atoms with Crippen molar-refractivity contribution in [3.63, 3.8) is 0 Å². The zero-order valence-electron chi connectivity index (χ0n) is 15.6. The number of hydrogen-bond acceptors (Lipinski definition) is 5. The number of likely N-dealkylation sites (tertiary alicyclic amines) is 1. The van der Waals surface area contributed by atoms with Crippen molar-refractivity contribution in [2.45, 2.75) is 24.6 Å². The quantitative estimate of drug-likeness (QED) is 0.839. The lowest BCUT2D eigenvalue weighted by Crippen LogP contribution is -2.59. The number of nitrogens with zero attached hydrogens (tertiary/aromatic N) is 4. The van der Waals surface area contributed by atoms with E-state index >= 15 is 0 Å². The van der Waals surface area contributed by atoms with Crippen LogP contribution in [0.1, 0.15) is 29.0 Å². The highest BCUT2D eigenvalue weighted by atomic mass is 19.4. The van der Waals surface area contributed by atoms with Gasteiger partial charge in [-0.05, 0) is 12.8 Å². The van der Waals surface area contributed by atoms with Crippen LogP contribution in [-0.4, -0.2) is 64.1 Å². The Morgan fingerprint density at radius 1 is 1.36 bits per heavy atom. The van der Waals surface area contributed by atoms with Gasteiger partial charge in [-0.25, -0.2) is 4.98 Å². The molecule has 0 aliphatic carbocycles. The van der Waals surface area contributed by atoms with Crippen LogP contribution in [-0.2, 0) is 22.8 Å². The Morgan fingerprint density at radius 3 is 2.68 bits per heavy atom. The Kier molecular flexibility index (Phi) is 5.04. The zero-order valence-corrected chi connectivity index (χ0v) is 15.6. The van der Waals surface area contributed by atoms with E-state index in [0.717, 1.165) is 4.57 Å². The van der Waals surface area contributed by atoms with Gasteiger partial charge < -0.3 is 19.5 Å². The molecule has 1 aliphatic heterocycles. The molecule has 0 saturated carbocycles. The van der Waals surface area contributed by atoms with E-state index in [0.29, 0.717) is 12.8 Å². The Hall–Kier alpha value is -2.69. The molecule has 8 nitrogen and oxygen atoms in total. The van der Waals surface area contributed by atoms with Crippen LogP contribution < -0.4 is 5.32 Å². The topological polar surface area (TPSA) is 89.3 Å². The summed E-state index contributed by atoms with van der Waals surface area (Å²) in [5.74, 6) is -2.10. The summed E-state index contributed by atoms with van der Waals surface area (Å²) in [7, 11) is 4.07. The number of halogens is 3. The third-order valence-corrected chi connectivity index (χ3v) is 5.03. The predicted molar refractivity (Wildman–Crippen MR) is 92.5 cm³/mol. The number of carbonyl (C=O) groups is 2. The second-order valence-electron chi connectivity index (χ2n) is 6.65. The maximum atomic E-state index is 13.3. The molecule has 1 saturated heterocycles. The van der Waals surface area contributed by atoms with Crippen LogP contribution >= 0.6 is 0 Å². The van der Waals surface area contributed by atoms with E-state index in [1.165, 1.54) is 38.5 Å². The molecule has 11 heteroatoms. The lowest BCUT2D eigenvalue weighted by molar-refractivity contribution is -0.146. The number of amides is 2. The SMILES string of the molecule is CNC(=O)C1(COC)CCCN1C(=O)c1cncc2nc(C(F)(F)F)n(C)c12. The van der Waals surface area contributed by atoms with E-state index < -0.39 is 23.4 Å². The number of alkyl halides is 3. The normalized spacial score (nSPS) is 20.0. The lowest BCUT2D eigenvalue weighted by atomic mass is 9.95. The van der Waals surface area contributed by atoms with Crippen molar-refractivity contribution in [3.8, 4) is 0 Å². The van der Waals surface area contributed by atoms with E-state index in [-0.39, 0.29) is 35.7 Å². The third kappa shape index (κ3) is 2.99. The number of pyridine rings is 1. The van der Waals surface area contributed by atoms with Gasteiger partial charge in [-0.15, -0.1) is 0 Å². The highest BCUT2D eigenvalue weighted by Gasteiger charge is 2.50. The van der Waals surface area contributed by atoms with Gasteiger partial charge in [0, 0.05) is 33.9 Å². The number of rotatable bonds is 4. The molecule has 2 amide bonds. The number of imidazole rings is 1. The molecule has 1 atom stereocenters. The van der Waals surface area contributed by atoms with Gasteiger partial charge in [0.15, 0.2) is 0 Å². The number of methoxy groups -OCH3 is 1. The lowest BCUT2D eigenvalue weighted by Gasteiger charge is -2.36. The molecule has 152 valence electrons. The van der Waals surface area contributed by atoms with Crippen molar-refractivity contribution < 1.29 is 27.5 Å². The van der Waals surface area contributed by atoms with Gasteiger partial charge >= 0.3 is 6.18 Å². The average Bonchev–Trinajstić information content (AvgIpc) is 3.23. The van der Waals surface area contributed by atoms with Gasteiger partial charge in [0.25, 0.3) is 5.91 Å². The highest BCUT2D eigenvalue weighted by Crippen LogP contribution is 2.35. The van der Waals surface area contributed by atoms with Crippen LogP contribution in [0.2, 0.25) is 0 Å². The minimum Gasteiger partial charge on any atom is -0.382 e. The van der Waals surface area contributed by atoms with E-state index in [2.05, 4.69) is 15.3 Å². The van der Waals surface area contributed by atoms with Crippen molar-refractivity contribution in [1.82, 2.24) is 24.8 Å². The van der Waals surface area contributed by atoms with Crippen LogP contribution in [0.4, 0.5) is 13.2 Å². The predicted octanol–water partition coefficient (Wildman–Crippen LogP) is 1.35. The van der Waals surface area contributed by atoms with Crippen molar-refractivity contribution in [2.24, 2.45) is 7.05 Å². The largest absolute Gasteiger partial charge is 0.449 e. The van der Waals surface area contributed by atoms with Crippen LogP contribution in [0.5, 0.6) is 0 Å². The summed E-state index contributed by atoms with van der Waals surface area (Å²) in [4.78, 5) is 34.7. The van der Waals surface area contributed by atoms with Gasteiger partial charge in [0.2, 0.25) is 11.7 Å². The molecular weight excluding hydrogens is 379 g/mol. The molecule has 0 aromatic carbocycles. The first-order valence-electron chi connectivity index (χ1n) is 8.58. The fraction of sp³-hybridized carbons (Fsp3) is 0.529. The highest BCUT2D eigenvalue weighted by molar-refractivity contribution is 6.07. The number of likely N-dealkylation sites (N-methyl/N-ethyl adjacent to an activating group) is 1. The first kappa shape index (κ1) is 20.1. The third-order valence-electron chi connectivity index (χ3n) is 5.03. The Morgan fingerprint density at radius 2 is 2.07 bits per heavy atom. The number of carbonyl (C=O) groups excluding carboxylic acids is 2. The fourth-order valence-corrected chi connectivity index (χ4v) is 3.83. The summed E-state index contributed by atoms with van der Waals surface area (Å²) in [6, 6.07) is 0. The summed E-state index contributed by atoms with van der Waals surface area (Å²) in [6.07, 6.45) is -1.36. The molecular formula is C17H20F3N5O3. The molecule has 2 aromatic heterocycles. The number of nitrogens with one attached hydrogen (secondary N) is 1. The van der Waals surface area contributed by atoms with Crippen molar-refractivity contribution in [1.29, 1.82) is 0 Å². The first-order valence-corrected chi connectivity index (χ1v) is 8.58. The van der Waals surface area contributed by atoms with Crippen molar-refractivity contribution >= 4 is 22.8 Å². The molecule has 0 spiro atoms. The molecule has 0 bridgehead atoms. The average molecular weight is 399 g/mol. The number of aryl methyl sites for hydroxylation is 1. The summed E-state index contributed by atoms with van der Waals surface area (Å²) in [5, 5.41) is 2.55. The van der Waals surface area contributed by atoms with Crippen LogP contribution in [0.3, 0.4) is 0 Å². The van der Waals surface area contributed by atoms with Gasteiger partial charge in [-0.2, -0.15) is 13.2 Å². The molecule has 3 rings (SSSR count). The molecule has 1 aliphatic rings. The summed E-state index contributed by atoms with van der Waals surface area (Å²) in [6.45, 7) is 0.247. The van der Waals surface area contributed by atoms with Crippen molar-refractivity contribution in [3.05, 3.63) is 23.8 Å². The standard InChI is InChI=1S/C17H20F3N5O3/c1-21-15(27)16(9-28-3)5-4-6-25(16)13(26)10-7-22-8-11-12(10)24(2)14(23-11)17(18,19)20/h7-8H,4-6,9H2,1-3H3,(H,21,27). The van der Waals surface area contributed by atoms with E-state index in [4.69, 9.17) is 4.74 Å². The number of fused-ring (bicyclic) bond motifs is 1. The molecule has 1 fully saturated rings. The Labute approximate surface area is 158 Å². The number of aromatic nitrogens is 3. The molecule has 3 heterocycles. The maximum absolute atomic E-state index is 13.3. The van der Waals surface area contributed by atoms with E-state index in [9.17, 15) is 22.8 Å². The second kappa shape index (κ2) is 7.04. The van der Waals surface area contributed by atoms with Gasteiger partial charge in [0.1, 0.15) is 11.1 Å². The summed E-state index contributed by atoms with van der Waals surface area (Å²) < 4.78 is 45.7. The van der Waals surface area contributed by atoms with Crippen LogP contribution in [0.15, 0.2) is 12.4 Å². The van der Waals surface area contributed by atoms with E-state index in [1.807, 2.05) is 0 Å².